The second kappa shape index (κ2) is 5.34. The molecule has 0 aliphatic heterocycles. The number of nitriles is 1. The van der Waals surface area contributed by atoms with Crippen LogP contribution >= 0.6 is 11.8 Å². The Bertz CT molecular complexity index is 635. The summed E-state index contributed by atoms with van der Waals surface area (Å²) in [5.41, 5.74) is 0.614. The van der Waals surface area contributed by atoms with Crippen molar-refractivity contribution in [3.63, 3.8) is 0 Å². The van der Waals surface area contributed by atoms with Crippen LogP contribution in [0.1, 0.15) is 5.56 Å². The number of nitrogens with zero attached hydrogens (tertiary/aromatic N) is 2. The summed E-state index contributed by atoms with van der Waals surface area (Å²) in [6.45, 7) is 0. The summed E-state index contributed by atoms with van der Waals surface area (Å²) in [5, 5.41) is 19.7. The van der Waals surface area contributed by atoms with E-state index >= 15 is 0 Å². The van der Waals surface area contributed by atoms with Crippen molar-refractivity contribution in [3.8, 4) is 6.07 Å². The molecule has 2 rings (SSSR count). The quantitative estimate of drug-likeness (QED) is 0.621. The van der Waals surface area contributed by atoms with Gasteiger partial charge in [0, 0.05) is 11.0 Å². The lowest BCUT2D eigenvalue weighted by atomic mass is 10.2. The predicted molar refractivity (Wildman–Crippen MR) is 68.4 cm³/mol. The molecule has 2 aromatic carbocycles. The van der Waals surface area contributed by atoms with Crippen molar-refractivity contribution in [2.75, 3.05) is 0 Å². The van der Waals surface area contributed by atoms with Gasteiger partial charge in [-0.3, -0.25) is 10.1 Å². The third-order valence-corrected chi connectivity index (χ3v) is 3.31. The first-order chi connectivity index (χ1) is 8.70. The van der Waals surface area contributed by atoms with E-state index in [0.29, 0.717) is 10.5 Å². The maximum Gasteiger partial charge on any atom is 0.283 e. The Hall–Kier alpha value is -2.32. The third kappa shape index (κ3) is 2.67. The molecule has 0 aromatic heterocycles. The molecule has 18 heavy (non-hydrogen) atoms. The van der Waals surface area contributed by atoms with Gasteiger partial charge in [-0.25, -0.2) is 0 Å². The Kier molecular flexibility index (Phi) is 3.60. The van der Waals surface area contributed by atoms with Crippen molar-refractivity contribution >= 4 is 17.4 Å². The second-order valence-corrected chi connectivity index (χ2v) is 4.58. The molecule has 0 bridgehead atoms. The highest BCUT2D eigenvalue weighted by atomic mass is 32.2. The smallest absolute Gasteiger partial charge is 0.258 e. The normalized spacial score (nSPS) is 9.72. The van der Waals surface area contributed by atoms with Crippen LogP contribution in [-0.4, -0.2) is 4.92 Å². The molecule has 0 aliphatic rings. The van der Waals surface area contributed by atoms with Crippen molar-refractivity contribution < 1.29 is 4.92 Å². The van der Waals surface area contributed by atoms with E-state index in [1.54, 1.807) is 36.4 Å². The average Bonchev–Trinajstić information content (AvgIpc) is 2.39. The SMILES string of the molecule is N#Cc1cccc(Sc2ccccc2[N+](=O)[O-])c1. The summed E-state index contributed by atoms with van der Waals surface area (Å²) < 4.78 is 0. The van der Waals surface area contributed by atoms with Crippen LogP contribution in [0.25, 0.3) is 0 Å². The van der Waals surface area contributed by atoms with E-state index in [9.17, 15) is 10.1 Å². The van der Waals surface area contributed by atoms with Gasteiger partial charge >= 0.3 is 0 Å². The molecule has 0 spiro atoms. The Morgan fingerprint density at radius 3 is 2.67 bits per heavy atom. The first-order valence-corrected chi connectivity index (χ1v) is 5.94. The minimum absolute atomic E-state index is 0.0739. The molecule has 0 amide bonds. The van der Waals surface area contributed by atoms with Gasteiger partial charge in [-0.1, -0.05) is 30.0 Å². The number of hydrogen-bond acceptors (Lipinski definition) is 4. The molecule has 2 aromatic rings. The number of nitro benzene ring substituents is 1. The predicted octanol–water partition coefficient (Wildman–Crippen LogP) is 3.62. The van der Waals surface area contributed by atoms with Gasteiger partial charge in [0.05, 0.1) is 21.5 Å². The van der Waals surface area contributed by atoms with Gasteiger partial charge in [-0.2, -0.15) is 5.26 Å². The lowest BCUT2D eigenvalue weighted by Crippen LogP contribution is -1.90. The van der Waals surface area contributed by atoms with E-state index in [-0.39, 0.29) is 5.69 Å². The standard InChI is InChI=1S/C13H8N2O2S/c14-9-10-4-3-5-11(8-10)18-13-7-2-1-6-12(13)15(16)17/h1-8H. The lowest BCUT2D eigenvalue weighted by molar-refractivity contribution is -0.387. The highest BCUT2D eigenvalue weighted by Crippen LogP contribution is 2.34. The largest absolute Gasteiger partial charge is 0.283 e. The maximum atomic E-state index is 10.9. The summed E-state index contributed by atoms with van der Waals surface area (Å²) in [6.07, 6.45) is 0. The van der Waals surface area contributed by atoms with Crippen molar-refractivity contribution in [1.82, 2.24) is 0 Å². The van der Waals surface area contributed by atoms with E-state index in [4.69, 9.17) is 5.26 Å². The van der Waals surface area contributed by atoms with Gasteiger partial charge in [0.15, 0.2) is 0 Å². The molecular weight excluding hydrogens is 248 g/mol. The van der Waals surface area contributed by atoms with E-state index in [0.717, 1.165) is 4.90 Å². The van der Waals surface area contributed by atoms with Gasteiger partial charge in [0.25, 0.3) is 5.69 Å². The molecule has 0 radical (unpaired) electrons. The van der Waals surface area contributed by atoms with Gasteiger partial charge in [-0.05, 0) is 24.3 Å². The molecule has 0 aliphatic carbocycles. The molecule has 0 saturated carbocycles. The van der Waals surface area contributed by atoms with Crippen molar-refractivity contribution in [2.45, 2.75) is 9.79 Å². The van der Waals surface area contributed by atoms with Crippen molar-refractivity contribution in [2.24, 2.45) is 0 Å². The molecule has 0 unspecified atom stereocenters. The Morgan fingerprint density at radius 2 is 1.94 bits per heavy atom. The van der Waals surface area contributed by atoms with Crippen LogP contribution < -0.4 is 0 Å². The molecule has 0 fully saturated rings. The van der Waals surface area contributed by atoms with Gasteiger partial charge in [0.2, 0.25) is 0 Å². The topological polar surface area (TPSA) is 66.9 Å². The molecular formula is C13H8N2O2S. The number of rotatable bonds is 3. The fourth-order valence-electron chi connectivity index (χ4n) is 1.45. The molecule has 88 valence electrons. The Morgan fingerprint density at radius 1 is 1.17 bits per heavy atom. The number of nitro groups is 1. The van der Waals surface area contributed by atoms with Crippen LogP contribution in [-0.2, 0) is 0 Å². The van der Waals surface area contributed by atoms with E-state index in [2.05, 4.69) is 0 Å². The van der Waals surface area contributed by atoms with Crippen molar-refractivity contribution in [3.05, 3.63) is 64.2 Å². The number of hydrogen-bond donors (Lipinski definition) is 0. The monoisotopic (exact) mass is 256 g/mol. The highest BCUT2D eigenvalue weighted by Gasteiger charge is 2.13. The number of benzene rings is 2. The molecule has 4 nitrogen and oxygen atoms in total. The van der Waals surface area contributed by atoms with Crippen LogP contribution in [0, 0.1) is 21.4 Å². The summed E-state index contributed by atoms with van der Waals surface area (Å²) in [6, 6.07) is 15.6. The van der Waals surface area contributed by atoms with E-state index < -0.39 is 4.92 Å². The Balaban J connectivity index is 2.34. The van der Waals surface area contributed by atoms with E-state index in [1.165, 1.54) is 17.8 Å². The van der Waals surface area contributed by atoms with Gasteiger partial charge in [-0.15, -0.1) is 0 Å². The zero-order valence-electron chi connectivity index (χ0n) is 9.24. The summed E-state index contributed by atoms with van der Waals surface area (Å²) in [7, 11) is 0. The fraction of sp³-hybridized carbons (Fsp3) is 0. The van der Waals surface area contributed by atoms with Crippen LogP contribution in [0.5, 0.6) is 0 Å². The maximum absolute atomic E-state index is 10.9. The average molecular weight is 256 g/mol. The number of para-hydroxylation sites is 1. The van der Waals surface area contributed by atoms with Crippen LogP contribution in [0.15, 0.2) is 58.3 Å². The highest BCUT2D eigenvalue weighted by molar-refractivity contribution is 7.99. The van der Waals surface area contributed by atoms with Crippen LogP contribution in [0.3, 0.4) is 0 Å². The second-order valence-electron chi connectivity index (χ2n) is 3.47. The minimum Gasteiger partial charge on any atom is -0.258 e. The van der Waals surface area contributed by atoms with Gasteiger partial charge in [0.1, 0.15) is 0 Å². The molecule has 0 N–H and O–H groups in total. The summed E-state index contributed by atoms with van der Waals surface area (Å²) in [4.78, 5) is 11.8. The van der Waals surface area contributed by atoms with Crippen molar-refractivity contribution in [1.29, 1.82) is 5.26 Å². The summed E-state index contributed by atoms with van der Waals surface area (Å²) in [5.74, 6) is 0. The summed E-state index contributed by atoms with van der Waals surface area (Å²) >= 11 is 1.28. The Labute approximate surface area is 108 Å². The molecule has 0 heterocycles. The third-order valence-electron chi connectivity index (χ3n) is 2.25. The zero-order chi connectivity index (χ0) is 13.0. The lowest BCUT2D eigenvalue weighted by Gasteiger charge is -2.02. The first kappa shape index (κ1) is 12.1. The van der Waals surface area contributed by atoms with Crippen LogP contribution in [0.2, 0.25) is 0 Å². The van der Waals surface area contributed by atoms with E-state index in [1.807, 2.05) is 12.1 Å². The van der Waals surface area contributed by atoms with Crippen LogP contribution in [0.4, 0.5) is 5.69 Å². The first-order valence-electron chi connectivity index (χ1n) is 5.12. The van der Waals surface area contributed by atoms with Gasteiger partial charge < -0.3 is 0 Å². The fourth-order valence-corrected chi connectivity index (χ4v) is 2.43. The molecule has 0 saturated heterocycles. The molecule has 0 atom stereocenters. The minimum atomic E-state index is -0.406. The zero-order valence-corrected chi connectivity index (χ0v) is 10.1. The molecule has 5 heteroatoms.